The van der Waals surface area contributed by atoms with E-state index in [1.54, 1.807) is 6.26 Å². The summed E-state index contributed by atoms with van der Waals surface area (Å²) in [4.78, 5) is 7.02. The molecule has 0 aliphatic heterocycles. The first-order valence-electron chi connectivity index (χ1n) is 9.07. The Hall–Kier alpha value is -2.27. The molecule has 0 unspecified atom stereocenters. The number of rotatable bonds is 8. The summed E-state index contributed by atoms with van der Waals surface area (Å²) in [6, 6.07) is 13.1. The van der Waals surface area contributed by atoms with Gasteiger partial charge in [0.1, 0.15) is 5.76 Å². The predicted octanol–water partition coefficient (Wildman–Crippen LogP) is 3.13. The molecule has 1 aliphatic rings. The molecule has 5 nitrogen and oxygen atoms in total. The van der Waals surface area contributed by atoms with E-state index in [0.717, 1.165) is 31.4 Å². The number of hydrogen-bond acceptors (Lipinski definition) is 3. The van der Waals surface area contributed by atoms with Gasteiger partial charge >= 0.3 is 0 Å². The zero-order valence-corrected chi connectivity index (χ0v) is 15.2. The van der Waals surface area contributed by atoms with Gasteiger partial charge < -0.3 is 15.1 Å². The van der Waals surface area contributed by atoms with Gasteiger partial charge in [-0.25, -0.2) is 4.99 Å². The van der Waals surface area contributed by atoms with Crippen molar-refractivity contribution in [3.8, 4) is 0 Å². The standard InChI is InChI=1S/C20H28N4O/c1-3-21-20(23-18-10-11-18)22-13-16-7-4-5-8-17(16)14-24(2)15-19-9-6-12-25-19/h4-9,12,18H,3,10-11,13-15H2,1-2H3,(H2,21,22,23). The first-order valence-corrected chi connectivity index (χ1v) is 9.07. The Kier molecular flexibility index (Phi) is 6.12. The summed E-state index contributed by atoms with van der Waals surface area (Å²) >= 11 is 0. The lowest BCUT2D eigenvalue weighted by Crippen LogP contribution is -2.38. The number of nitrogens with zero attached hydrogens (tertiary/aromatic N) is 2. The lowest BCUT2D eigenvalue weighted by Gasteiger charge is -2.17. The Labute approximate surface area is 150 Å². The minimum absolute atomic E-state index is 0.604. The topological polar surface area (TPSA) is 52.8 Å². The highest BCUT2D eigenvalue weighted by atomic mass is 16.3. The quantitative estimate of drug-likeness (QED) is 0.573. The van der Waals surface area contributed by atoms with Crippen molar-refractivity contribution in [1.29, 1.82) is 0 Å². The number of hydrogen-bond donors (Lipinski definition) is 2. The summed E-state index contributed by atoms with van der Waals surface area (Å²) in [6.45, 7) is 5.34. The summed E-state index contributed by atoms with van der Waals surface area (Å²) in [5.74, 6) is 1.91. The molecule has 1 aliphatic carbocycles. The van der Waals surface area contributed by atoms with E-state index in [0.29, 0.717) is 12.6 Å². The van der Waals surface area contributed by atoms with E-state index in [9.17, 15) is 0 Å². The Morgan fingerprint density at radius 2 is 1.96 bits per heavy atom. The zero-order valence-electron chi connectivity index (χ0n) is 15.2. The molecule has 1 saturated carbocycles. The molecule has 1 aromatic heterocycles. The van der Waals surface area contributed by atoms with E-state index in [2.05, 4.69) is 53.8 Å². The van der Waals surface area contributed by atoms with Crippen LogP contribution in [0.15, 0.2) is 52.1 Å². The normalized spacial score (nSPS) is 14.8. The highest BCUT2D eigenvalue weighted by Crippen LogP contribution is 2.18. The second kappa shape index (κ2) is 8.72. The fraction of sp³-hybridized carbons (Fsp3) is 0.450. The van der Waals surface area contributed by atoms with Gasteiger partial charge in [-0.05, 0) is 50.1 Å². The van der Waals surface area contributed by atoms with Crippen LogP contribution in [0.3, 0.4) is 0 Å². The number of furan rings is 1. The van der Waals surface area contributed by atoms with Gasteiger partial charge in [0.05, 0.1) is 19.4 Å². The third-order valence-corrected chi connectivity index (χ3v) is 4.23. The molecule has 0 spiro atoms. The molecule has 0 atom stereocenters. The van der Waals surface area contributed by atoms with E-state index in [1.165, 1.54) is 24.0 Å². The molecule has 0 bridgehead atoms. The smallest absolute Gasteiger partial charge is 0.191 e. The number of benzene rings is 1. The van der Waals surface area contributed by atoms with Gasteiger partial charge in [-0.3, -0.25) is 4.90 Å². The van der Waals surface area contributed by atoms with Crippen LogP contribution in [-0.4, -0.2) is 30.5 Å². The monoisotopic (exact) mass is 340 g/mol. The highest BCUT2D eigenvalue weighted by molar-refractivity contribution is 5.80. The zero-order chi connectivity index (χ0) is 17.5. The van der Waals surface area contributed by atoms with Gasteiger partial charge in [0.25, 0.3) is 0 Å². The molecule has 3 rings (SSSR count). The fourth-order valence-electron chi connectivity index (χ4n) is 2.79. The van der Waals surface area contributed by atoms with Crippen LogP contribution in [0, 0.1) is 0 Å². The van der Waals surface area contributed by atoms with Crippen LogP contribution < -0.4 is 10.6 Å². The van der Waals surface area contributed by atoms with Crippen molar-refractivity contribution in [2.45, 2.75) is 45.4 Å². The average Bonchev–Trinajstić information content (AvgIpc) is 3.27. The Morgan fingerprint density at radius 3 is 2.64 bits per heavy atom. The van der Waals surface area contributed by atoms with E-state index in [4.69, 9.17) is 9.41 Å². The van der Waals surface area contributed by atoms with Crippen LogP contribution in [0.2, 0.25) is 0 Å². The van der Waals surface area contributed by atoms with Crippen LogP contribution in [0.25, 0.3) is 0 Å². The molecule has 0 radical (unpaired) electrons. The number of nitrogens with one attached hydrogen (secondary N) is 2. The predicted molar refractivity (Wildman–Crippen MR) is 101 cm³/mol. The summed E-state index contributed by atoms with van der Waals surface area (Å²) in [5.41, 5.74) is 2.57. The lowest BCUT2D eigenvalue weighted by molar-refractivity contribution is 0.287. The molecule has 1 fully saturated rings. The minimum Gasteiger partial charge on any atom is -0.468 e. The van der Waals surface area contributed by atoms with E-state index < -0.39 is 0 Å². The maximum Gasteiger partial charge on any atom is 0.191 e. The summed E-state index contributed by atoms with van der Waals surface area (Å²) in [6.07, 6.45) is 4.22. The van der Waals surface area contributed by atoms with Crippen molar-refractivity contribution in [3.05, 3.63) is 59.5 Å². The molecular formula is C20H28N4O. The molecule has 1 aromatic carbocycles. The van der Waals surface area contributed by atoms with Crippen LogP contribution in [0.5, 0.6) is 0 Å². The molecule has 1 heterocycles. The Balaban J connectivity index is 1.63. The summed E-state index contributed by atoms with van der Waals surface area (Å²) in [7, 11) is 2.11. The maximum atomic E-state index is 5.44. The van der Waals surface area contributed by atoms with Crippen molar-refractivity contribution >= 4 is 5.96 Å². The van der Waals surface area contributed by atoms with Crippen molar-refractivity contribution in [2.75, 3.05) is 13.6 Å². The summed E-state index contributed by atoms with van der Waals surface area (Å²) in [5, 5.41) is 6.80. The van der Waals surface area contributed by atoms with Crippen LogP contribution in [0.1, 0.15) is 36.7 Å². The van der Waals surface area contributed by atoms with E-state index in [1.807, 2.05) is 12.1 Å². The molecule has 2 aromatic rings. The maximum absolute atomic E-state index is 5.44. The van der Waals surface area contributed by atoms with Crippen molar-refractivity contribution in [2.24, 2.45) is 4.99 Å². The second-order valence-electron chi connectivity index (χ2n) is 6.63. The van der Waals surface area contributed by atoms with Gasteiger partial charge in [0, 0.05) is 19.1 Å². The third-order valence-electron chi connectivity index (χ3n) is 4.23. The SMILES string of the molecule is CCNC(=NCc1ccccc1CN(C)Cc1ccco1)NC1CC1. The average molecular weight is 340 g/mol. The van der Waals surface area contributed by atoms with Gasteiger partial charge in [-0.2, -0.15) is 0 Å². The van der Waals surface area contributed by atoms with Crippen molar-refractivity contribution < 1.29 is 4.42 Å². The highest BCUT2D eigenvalue weighted by Gasteiger charge is 2.22. The number of guanidine groups is 1. The molecule has 5 heteroatoms. The number of aliphatic imine (C=N–C) groups is 1. The fourth-order valence-corrected chi connectivity index (χ4v) is 2.79. The lowest BCUT2D eigenvalue weighted by atomic mass is 10.1. The largest absolute Gasteiger partial charge is 0.468 e. The van der Waals surface area contributed by atoms with Crippen molar-refractivity contribution in [3.63, 3.8) is 0 Å². The Morgan fingerprint density at radius 1 is 1.16 bits per heavy atom. The molecule has 134 valence electrons. The molecule has 2 N–H and O–H groups in total. The molecule has 0 saturated heterocycles. The van der Waals surface area contributed by atoms with Crippen LogP contribution in [-0.2, 0) is 19.6 Å². The van der Waals surface area contributed by atoms with Gasteiger partial charge in [0.2, 0.25) is 0 Å². The van der Waals surface area contributed by atoms with Crippen LogP contribution >= 0.6 is 0 Å². The van der Waals surface area contributed by atoms with E-state index >= 15 is 0 Å². The van der Waals surface area contributed by atoms with Crippen molar-refractivity contribution in [1.82, 2.24) is 15.5 Å². The molecule has 25 heavy (non-hydrogen) atoms. The Bertz CT molecular complexity index is 677. The molecule has 0 amide bonds. The second-order valence-corrected chi connectivity index (χ2v) is 6.63. The first-order chi connectivity index (χ1) is 12.2. The summed E-state index contributed by atoms with van der Waals surface area (Å²) < 4.78 is 5.44. The first kappa shape index (κ1) is 17.5. The molecular weight excluding hydrogens is 312 g/mol. The van der Waals surface area contributed by atoms with Crippen LogP contribution in [0.4, 0.5) is 0 Å². The van der Waals surface area contributed by atoms with Gasteiger partial charge in [-0.15, -0.1) is 0 Å². The third kappa shape index (κ3) is 5.64. The van der Waals surface area contributed by atoms with E-state index in [-0.39, 0.29) is 0 Å². The van der Waals surface area contributed by atoms with Gasteiger partial charge in [-0.1, -0.05) is 24.3 Å². The minimum atomic E-state index is 0.604. The van der Waals surface area contributed by atoms with Gasteiger partial charge in [0.15, 0.2) is 5.96 Å².